The summed E-state index contributed by atoms with van der Waals surface area (Å²) in [5.74, 6) is 0.696. The maximum atomic E-state index is 6.75. The van der Waals surface area contributed by atoms with Crippen molar-refractivity contribution >= 4 is 43.9 Å². The van der Waals surface area contributed by atoms with Crippen LogP contribution in [0, 0.1) is 0 Å². The van der Waals surface area contributed by atoms with Crippen LogP contribution >= 0.6 is 0 Å². The lowest BCUT2D eigenvalue weighted by atomic mass is 9.96. The molecule has 11 rings (SSSR count). The van der Waals surface area contributed by atoms with Gasteiger partial charge >= 0.3 is 0 Å². The fraction of sp³-hybridized carbons (Fsp3) is 0. The largest absolute Gasteiger partial charge is 0.455 e. The standard InChI is InChI=1S/C52H32N2O2/c1-5-14-33(15-6-1)38-24-26-47-41(29-38)43-31-44-42-30-39(25-27-48(42)56-51(44)49(50(43)55-47)35-18-9-3-10-19-35)37-22-13-23-40(28-37)46-32-45(34-16-7-2-8-17-34)53-52(54-46)36-20-11-4-12-21-36/h1-32H. The summed E-state index contributed by atoms with van der Waals surface area (Å²) in [5.41, 5.74) is 14.6. The lowest BCUT2D eigenvalue weighted by Crippen LogP contribution is -1.96. The van der Waals surface area contributed by atoms with Gasteiger partial charge in [-0.1, -0.05) is 152 Å². The summed E-state index contributed by atoms with van der Waals surface area (Å²) in [5, 5.41) is 4.24. The Kier molecular flexibility index (Phi) is 7.46. The van der Waals surface area contributed by atoms with E-state index in [4.69, 9.17) is 18.8 Å². The van der Waals surface area contributed by atoms with E-state index in [9.17, 15) is 0 Å². The molecule has 0 aliphatic heterocycles. The Labute approximate surface area is 323 Å². The van der Waals surface area contributed by atoms with Gasteiger partial charge in [0, 0.05) is 38.2 Å². The van der Waals surface area contributed by atoms with Crippen LogP contribution < -0.4 is 0 Å². The number of hydrogen-bond donors (Lipinski definition) is 0. The van der Waals surface area contributed by atoms with Crippen LogP contribution in [0.15, 0.2) is 203 Å². The number of nitrogens with zero attached hydrogens (tertiary/aromatic N) is 2. The molecule has 11 aromatic rings. The quantitative estimate of drug-likeness (QED) is 0.172. The van der Waals surface area contributed by atoms with Gasteiger partial charge in [0.2, 0.25) is 0 Å². The first kappa shape index (κ1) is 31.9. The zero-order valence-corrected chi connectivity index (χ0v) is 30.2. The number of rotatable bonds is 6. The Balaban J connectivity index is 1.08. The van der Waals surface area contributed by atoms with E-state index in [-0.39, 0.29) is 0 Å². The molecule has 8 aromatic carbocycles. The first-order valence-electron chi connectivity index (χ1n) is 18.8. The van der Waals surface area contributed by atoms with Crippen molar-refractivity contribution in [3.05, 3.63) is 194 Å². The van der Waals surface area contributed by atoms with Gasteiger partial charge in [-0.25, -0.2) is 9.97 Å². The van der Waals surface area contributed by atoms with Crippen LogP contribution in [0.3, 0.4) is 0 Å². The lowest BCUT2D eigenvalue weighted by molar-refractivity contribution is 0.658. The Morgan fingerprint density at radius 1 is 0.286 bits per heavy atom. The molecule has 56 heavy (non-hydrogen) atoms. The van der Waals surface area contributed by atoms with E-state index >= 15 is 0 Å². The van der Waals surface area contributed by atoms with E-state index < -0.39 is 0 Å². The van der Waals surface area contributed by atoms with E-state index in [1.807, 2.05) is 48.5 Å². The van der Waals surface area contributed by atoms with Crippen molar-refractivity contribution in [1.29, 1.82) is 0 Å². The second-order valence-corrected chi connectivity index (χ2v) is 14.1. The zero-order chi connectivity index (χ0) is 37.0. The molecule has 0 atom stereocenters. The number of furan rings is 2. The maximum Gasteiger partial charge on any atom is 0.160 e. The predicted octanol–water partition coefficient (Wildman–Crippen LogP) is 14.3. The molecule has 0 N–H and O–H groups in total. The number of aromatic nitrogens is 2. The Hall–Kier alpha value is -7.56. The van der Waals surface area contributed by atoms with Gasteiger partial charge in [0.1, 0.15) is 22.3 Å². The topological polar surface area (TPSA) is 52.1 Å². The van der Waals surface area contributed by atoms with Crippen LogP contribution in [0.5, 0.6) is 0 Å². The first-order valence-corrected chi connectivity index (χ1v) is 18.8. The molecule has 0 aliphatic rings. The monoisotopic (exact) mass is 716 g/mol. The van der Waals surface area contributed by atoms with Gasteiger partial charge in [-0.15, -0.1) is 0 Å². The van der Waals surface area contributed by atoms with Crippen LogP contribution in [-0.4, -0.2) is 9.97 Å². The van der Waals surface area contributed by atoms with Crippen molar-refractivity contribution in [2.75, 3.05) is 0 Å². The van der Waals surface area contributed by atoms with E-state index in [1.54, 1.807) is 0 Å². The fourth-order valence-corrected chi connectivity index (χ4v) is 7.92. The third-order valence-corrected chi connectivity index (χ3v) is 10.7. The highest BCUT2D eigenvalue weighted by atomic mass is 16.3. The van der Waals surface area contributed by atoms with E-state index in [1.165, 1.54) is 5.56 Å². The smallest absolute Gasteiger partial charge is 0.160 e. The number of fused-ring (bicyclic) bond motifs is 6. The summed E-state index contributed by atoms with van der Waals surface area (Å²) >= 11 is 0. The predicted molar refractivity (Wildman–Crippen MR) is 229 cm³/mol. The normalized spacial score (nSPS) is 11.6. The van der Waals surface area contributed by atoms with Gasteiger partial charge in [0.05, 0.1) is 17.0 Å². The third kappa shape index (κ3) is 5.47. The van der Waals surface area contributed by atoms with Crippen LogP contribution in [-0.2, 0) is 0 Å². The van der Waals surface area contributed by atoms with E-state index in [0.29, 0.717) is 5.82 Å². The Bertz CT molecular complexity index is 3160. The number of benzene rings is 8. The van der Waals surface area contributed by atoms with Gasteiger partial charge in [-0.2, -0.15) is 0 Å². The van der Waals surface area contributed by atoms with Crippen molar-refractivity contribution in [2.24, 2.45) is 0 Å². The highest BCUT2D eigenvalue weighted by Crippen LogP contribution is 2.45. The van der Waals surface area contributed by atoms with Gasteiger partial charge in [-0.3, -0.25) is 0 Å². The summed E-state index contributed by atoms with van der Waals surface area (Å²) in [6.45, 7) is 0. The Morgan fingerprint density at radius 2 is 0.732 bits per heavy atom. The van der Waals surface area contributed by atoms with Crippen LogP contribution in [0.2, 0.25) is 0 Å². The lowest BCUT2D eigenvalue weighted by Gasteiger charge is -2.10. The van der Waals surface area contributed by atoms with Gasteiger partial charge in [-0.05, 0) is 70.3 Å². The summed E-state index contributed by atoms with van der Waals surface area (Å²) in [6, 6.07) is 67.3. The third-order valence-electron chi connectivity index (χ3n) is 10.7. The average molecular weight is 717 g/mol. The zero-order valence-electron chi connectivity index (χ0n) is 30.2. The molecule has 0 spiro atoms. The van der Waals surface area contributed by atoms with Gasteiger partial charge in [0.25, 0.3) is 0 Å². The molecule has 4 heteroatoms. The molecule has 0 radical (unpaired) electrons. The minimum Gasteiger partial charge on any atom is -0.455 e. The summed E-state index contributed by atoms with van der Waals surface area (Å²) in [7, 11) is 0. The van der Waals surface area contributed by atoms with Gasteiger partial charge < -0.3 is 8.83 Å². The summed E-state index contributed by atoms with van der Waals surface area (Å²) in [6.07, 6.45) is 0. The molecule has 0 saturated heterocycles. The van der Waals surface area contributed by atoms with Crippen molar-refractivity contribution < 1.29 is 8.83 Å². The molecular weight excluding hydrogens is 685 g/mol. The molecule has 3 aromatic heterocycles. The molecule has 4 nitrogen and oxygen atoms in total. The molecule has 0 fully saturated rings. The second-order valence-electron chi connectivity index (χ2n) is 14.1. The summed E-state index contributed by atoms with van der Waals surface area (Å²) < 4.78 is 13.4. The molecule has 0 unspecified atom stereocenters. The molecule has 0 saturated carbocycles. The minimum atomic E-state index is 0.696. The minimum absolute atomic E-state index is 0.696. The van der Waals surface area contributed by atoms with E-state index in [0.717, 1.165) is 99.8 Å². The molecular formula is C52H32N2O2. The highest BCUT2D eigenvalue weighted by Gasteiger charge is 2.22. The molecule has 0 bridgehead atoms. The van der Waals surface area contributed by atoms with E-state index in [2.05, 4.69) is 146 Å². The van der Waals surface area contributed by atoms with Crippen LogP contribution in [0.4, 0.5) is 0 Å². The van der Waals surface area contributed by atoms with Crippen molar-refractivity contribution in [1.82, 2.24) is 9.97 Å². The average Bonchev–Trinajstić information content (AvgIpc) is 3.83. The fourth-order valence-electron chi connectivity index (χ4n) is 7.92. The number of hydrogen-bond acceptors (Lipinski definition) is 4. The molecule has 262 valence electrons. The molecule has 0 aliphatic carbocycles. The van der Waals surface area contributed by atoms with Crippen molar-refractivity contribution in [3.8, 4) is 67.3 Å². The first-order chi connectivity index (χ1) is 27.7. The maximum absolute atomic E-state index is 6.75. The van der Waals surface area contributed by atoms with Crippen molar-refractivity contribution in [2.45, 2.75) is 0 Å². The SMILES string of the molecule is c1ccc(-c2ccc3oc4c(-c5ccccc5)c5oc6ccc(-c7cccc(-c8cc(-c9ccccc9)nc(-c9ccccc9)n8)c7)cc6c5cc4c3c2)cc1. The Morgan fingerprint density at radius 3 is 1.32 bits per heavy atom. The summed E-state index contributed by atoms with van der Waals surface area (Å²) in [4.78, 5) is 10.1. The van der Waals surface area contributed by atoms with Gasteiger partial charge in [0.15, 0.2) is 5.82 Å². The highest BCUT2D eigenvalue weighted by molar-refractivity contribution is 6.22. The van der Waals surface area contributed by atoms with Crippen LogP contribution in [0.25, 0.3) is 111 Å². The van der Waals surface area contributed by atoms with Crippen LogP contribution in [0.1, 0.15) is 0 Å². The molecule has 0 amide bonds. The second kappa shape index (κ2) is 13.1. The van der Waals surface area contributed by atoms with Crippen molar-refractivity contribution in [3.63, 3.8) is 0 Å². The molecule has 3 heterocycles.